The Labute approximate surface area is 149 Å². The van der Waals surface area contributed by atoms with Crippen LogP contribution in [0.5, 0.6) is 0 Å². The third-order valence-corrected chi connectivity index (χ3v) is 8.05. The number of Topliss-reactive ketones (excluding diaryl/α,β-unsaturated/α-hetero) is 1. The van der Waals surface area contributed by atoms with Crippen LogP contribution in [-0.2, 0) is 14.3 Å². The standard InChI is InChI=1S/C22H26O3/c1-2-21-10-7-17-16-6-4-15(23)13-14(16)3-5-18(17)19(21)8-11-22(21)12-9-20(24)25-22/h3,5,9,12,17-19H,2,4,6-8,10-11,13H2,1H3/t17-,18-,19+,21+,22-/m1/s1. The molecule has 132 valence electrons. The minimum absolute atomic E-state index is 0.0870. The predicted molar refractivity (Wildman–Crippen MR) is 94.6 cm³/mol. The van der Waals surface area contributed by atoms with Gasteiger partial charge in [-0.2, -0.15) is 0 Å². The molecule has 0 radical (unpaired) electrons. The highest BCUT2D eigenvalue weighted by Gasteiger charge is 2.65. The van der Waals surface area contributed by atoms with Crippen molar-refractivity contribution in [1.82, 2.24) is 0 Å². The van der Waals surface area contributed by atoms with E-state index in [4.69, 9.17) is 4.74 Å². The van der Waals surface area contributed by atoms with E-state index in [1.807, 2.05) is 0 Å². The van der Waals surface area contributed by atoms with E-state index in [-0.39, 0.29) is 17.0 Å². The van der Waals surface area contributed by atoms with E-state index in [1.165, 1.54) is 12.0 Å². The molecular weight excluding hydrogens is 312 g/mol. The summed E-state index contributed by atoms with van der Waals surface area (Å²) in [5.41, 5.74) is 2.60. The lowest BCUT2D eigenvalue weighted by Gasteiger charge is -2.53. The molecule has 0 saturated heterocycles. The van der Waals surface area contributed by atoms with Crippen molar-refractivity contribution in [2.24, 2.45) is 23.2 Å². The molecule has 5 rings (SSSR count). The van der Waals surface area contributed by atoms with Crippen LogP contribution < -0.4 is 0 Å². The van der Waals surface area contributed by atoms with Gasteiger partial charge in [-0.05, 0) is 67.9 Å². The van der Waals surface area contributed by atoms with Crippen LogP contribution in [0.15, 0.2) is 35.5 Å². The van der Waals surface area contributed by atoms with Crippen molar-refractivity contribution in [2.45, 2.75) is 63.9 Å². The number of allylic oxidation sites excluding steroid dienone is 4. The van der Waals surface area contributed by atoms with E-state index >= 15 is 0 Å². The van der Waals surface area contributed by atoms with Crippen molar-refractivity contribution in [3.8, 4) is 0 Å². The number of hydrogen-bond donors (Lipinski definition) is 0. The van der Waals surface area contributed by atoms with Gasteiger partial charge in [0.25, 0.3) is 0 Å². The lowest BCUT2D eigenvalue weighted by Crippen LogP contribution is -2.52. The maximum atomic E-state index is 11.9. The second-order valence-corrected chi connectivity index (χ2v) is 8.65. The molecule has 25 heavy (non-hydrogen) atoms. The molecular formula is C22H26O3. The first kappa shape index (κ1) is 15.6. The second kappa shape index (κ2) is 5.18. The molecule has 0 amide bonds. The molecule has 2 fully saturated rings. The highest BCUT2D eigenvalue weighted by Crippen LogP contribution is 2.66. The zero-order valence-electron chi connectivity index (χ0n) is 14.9. The summed E-state index contributed by atoms with van der Waals surface area (Å²) in [6.45, 7) is 2.27. The minimum atomic E-state index is -0.362. The summed E-state index contributed by atoms with van der Waals surface area (Å²) in [4.78, 5) is 23.7. The first-order valence-electron chi connectivity index (χ1n) is 9.93. The molecule has 0 N–H and O–H groups in total. The molecule has 3 nitrogen and oxygen atoms in total. The molecule has 0 aromatic carbocycles. The SMILES string of the molecule is CC[C@]12CC[C@@H]3C4=C(C=C[C@H]3[C@@H]1CC[C@@]21C=CC(=O)O1)CC(=O)CC4. The Morgan fingerprint density at radius 3 is 2.80 bits per heavy atom. The van der Waals surface area contributed by atoms with Crippen molar-refractivity contribution in [2.75, 3.05) is 0 Å². The van der Waals surface area contributed by atoms with Crippen LogP contribution in [0.1, 0.15) is 58.3 Å². The quantitative estimate of drug-likeness (QED) is 0.670. The van der Waals surface area contributed by atoms with E-state index in [9.17, 15) is 9.59 Å². The van der Waals surface area contributed by atoms with Crippen molar-refractivity contribution in [3.05, 3.63) is 35.5 Å². The summed E-state index contributed by atoms with van der Waals surface area (Å²) in [5, 5.41) is 0. The highest BCUT2D eigenvalue weighted by molar-refractivity contribution is 5.85. The van der Waals surface area contributed by atoms with Crippen molar-refractivity contribution >= 4 is 11.8 Å². The molecule has 0 aromatic heterocycles. The van der Waals surface area contributed by atoms with Gasteiger partial charge >= 0.3 is 5.97 Å². The van der Waals surface area contributed by atoms with E-state index in [2.05, 4.69) is 25.2 Å². The number of carbonyl (C=O) groups excluding carboxylic acids is 2. The second-order valence-electron chi connectivity index (χ2n) is 8.65. The van der Waals surface area contributed by atoms with Crippen molar-refractivity contribution in [3.63, 3.8) is 0 Å². The third-order valence-electron chi connectivity index (χ3n) is 8.05. The zero-order chi connectivity index (χ0) is 17.2. The molecule has 0 unspecified atom stereocenters. The Hall–Kier alpha value is -1.64. The fourth-order valence-corrected chi connectivity index (χ4v) is 6.98. The van der Waals surface area contributed by atoms with Gasteiger partial charge in [0.2, 0.25) is 0 Å². The first-order valence-corrected chi connectivity index (χ1v) is 9.93. The van der Waals surface area contributed by atoms with Crippen LogP contribution in [0.3, 0.4) is 0 Å². The molecule has 1 aliphatic heterocycles. The van der Waals surface area contributed by atoms with Crippen molar-refractivity contribution in [1.29, 1.82) is 0 Å². The van der Waals surface area contributed by atoms with Gasteiger partial charge in [-0.3, -0.25) is 4.79 Å². The number of ketones is 1. The van der Waals surface area contributed by atoms with Crippen LogP contribution in [0.2, 0.25) is 0 Å². The average molecular weight is 338 g/mol. The molecule has 0 bridgehead atoms. The number of carbonyl (C=O) groups is 2. The summed E-state index contributed by atoms with van der Waals surface area (Å²) in [6.07, 6.45) is 16.2. The Morgan fingerprint density at radius 1 is 1.16 bits per heavy atom. The summed E-state index contributed by atoms with van der Waals surface area (Å²) in [7, 11) is 0. The number of ether oxygens (including phenoxy) is 1. The van der Waals surface area contributed by atoms with E-state index in [1.54, 1.807) is 11.6 Å². The Kier molecular flexibility index (Phi) is 3.24. The molecule has 0 aromatic rings. The average Bonchev–Trinajstić information content (AvgIpc) is 3.16. The van der Waals surface area contributed by atoms with Gasteiger partial charge in [0, 0.05) is 24.3 Å². The van der Waals surface area contributed by atoms with E-state index in [0.717, 1.165) is 38.5 Å². The highest BCUT2D eigenvalue weighted by atomic mass is 16.6. The zero-order valence-corrected chi connectivity index (χ0v) is 14.9. The Balaban J connectivity index is 1.52. The van der Waals surface area contributed by atoms with Gasteiger partial charge in [-0.1, -0.05) is 24.6 Å². The van der Waals surface area contributed by atoms with Gasteiger partial charge in [0.15, 0.2) is 0 Å². The molecule has 1 heterocycles. The fourth-order valence-electron chi connectivity index (χ4n) is 6.98. The van der Waals surface area contributed by atoms with Gasteiger partial charge in [-0.15, -0.1) is 0 Å². The Morgan fingerprint density at radius 2 is 2.04 bits per heavy atom. The molecule has 4 aliphatic carbocycles. The maximum Gasteiger partial charge on any atom is 0.331 e. The molecule has 1 spiro atoms. The first-order chi connectivity index (χ1) is 12.1. The lowest BCUT2D eigenvalue weighted by molar-refractivity contribution is -0.161. The predicted octanol–water partition coefficient (Wildman–Crippen LogP) is 4.29. The summed E-state index contributed by atoms with van der Waals surface area (Å²) in [6, 6.07) is 0. The molecule has 5 aliphatic rings. The molecule has 5 atom stereocenters. The van der Waals surface area contributed by atoms with Gasteiger partial charge in [-0.25, -0.2) is 4.79 Å². The summed E-state index contributed by atoms with van der Waals surface area (Å²) >= 11 is 0. The van der Waals surface area contributed by atoms with E-state index in [0.29, 0.717) is 30.0 Å². The largest absolute Gasteiger partial charge is 0.451 e. The van der Waals surface area contributed by atoms with Gasteiger partial charge in [0.05, 0.1) is 0 Å². The number of rotatable bonds is 1. The topological polar surface area (TPSA) is 43.4 Å². The van der Waals surface area contributed by atoms with E-state index < -0.39 is 0 Å². The fraction of sp³-hybridized carbons (Fsp3) is 0.636. The van der Waals surface area contributed by atoms with Crippen LogP contribution in [0.25, 0.3) is 0 Å². The number of fused-ring (bicyclic) bond motifs is 5. The Bertz CT molecular complexity index is 742. The molecule has 3 heteroatoms. The third kappa shape index (κ3) is 1.93. The summed E-state index contributed by atoms with van der Waals surface area (Å²) in [5.74, 6) is 1.96. The van der Waals surface area contributed by atoms with Crippen LogP contribution >= 0.6 is 0 Å². The lowest BCUT2D eigenvalue weighted by atomic mass is 9.52. The van der Waals surface area contributed by atoms with Crippen LogP contribution in [-0.4, -0.2) is 17.4 Å². The monoisotopic (exact) mass is 338 g/mol. The maximum absolute atomic E-state index is 11.9. The van der Waals surface area contributed by atoms with Gasteiger partial charge in [0.1, 0.15) is 11.4 Å². The normalized spacial score (nSPS) is 44.8. The van der Waals surface area contributed by atoms with Crippen molar-refractivity contribution < 1.29 is 14.3 Å². The smallest absolute Gasteiger partial charge is 0.331 e. The molecule has 2 saturated carbocycles. The van der Waals surface area contributed by atoms with Crippen LogP contribution in [0, 0.1) is 23.2 Å². The number of esters is 1. The summed E-state index contributed by atoms with van der Waals surface area (Å²) < 4.78 is 5.94. The van der Waals surface area contributed by atoms with Gasteiger partial charge < -0.3 is 4.74 Å². The number of hydrogen-bond acceptors (Lipinski definition) is 3. The minimum Gasteiger partial charge on any atom is -0.451 e. The van der Waals surface area contributed by atoms with Crippen LogP contribution in [0.4, 0.5) is 0 Å².